The Balaban J connectivity index is 1.60. The number of hydrogen-bond donors (Lipinski definition) is 1. The Labute approximate surface area is 144 Å². The molecule has 1 atom stereocenters. The van der Waals surface area contributed by atoms with E-state index in [2.05, 4.69) is 48.2 Å². The van der Waals surface area contributed by atoms with Crippen LogP contribution in [0.15, 0.2) is 48.5 Å². The van der Waals surface area contributed by atoms with E-state index in [1.54, 1.807) is 0 Å². The highest BCUT2D eigenvalue weighted by atomic mass is 16.5. The van der Waals surface area contributed by atoms with E-state index in [0.29, 0.717) is 12.5 Å². The number of nitrogens with zero attached hydrogens (tertiary/aromatic N) is 1. The molecule has 1 saturated heterocycles. The molecule has 1 heterocycles. The van der Waals surface area contributed by atoms with Crippen LogP contribution in [0.4, 0.5) is 0 Å². The molecule has 3 nitrogen and oxygen atoms in total. The van der Waals surface area contributed by atoms with Gasteiger partial charge >= 0.3 is 0 Å². The largest absolute Gasteiger partial charge is 0.491 e. The van der Waals surface area contributed by atoms with Crippen LogP contribution in [0.5, 0.6) is 5.75 Å². The molecule has 128 valence electrons. The molecule has 0 aromatic heterocycles. The van der Waals surface area contributed by atoms with Gasteiger partial charge in [-0.25, -0.2) is 0 Å². The van der Waals surface area contributed by atoms with Gasteiger partial charge in [-0.05, 0) is 61.1 Å². The second-order valence-electron chi connectivity index (χ2n) is 6.65. The highest BCUT2D eigenvalue weighted by Crippen LogP contribution is 2.29. The smallest absolute Gasteiger partial charge is 0.119 e. The number of likely N-dealkylation sites (tertiary alicyclic amines) is 1. The summed E-state index contributed by atoms with van der Waals surface area (Å²) < 4.78 is 5.42. The van der Waals surface area contributed by atoms with Gasteiger partial charge in [0.25, 0.3) is 0 Å². The lowest BCUT2D eigenvalue weighted by atomic mass is 9.88. The van der Waals surface area contributed by atoms with Crippen molar-refractivity contribution in [2.75, 3.05) is 26.3 Å². The Morgan fingerprint density at radius 1 is 1.12 bits per heavy atom. The van der Waals surface area contributed by atoms with Gasteiger partial charge in [0, 0.05) is 13.1 Å². The van der Waals surface area contributed by atoms with Crippen LogP contribution in [0.1, 0.15) is 35.4 Å². The lowest BCUT2D eigenvalue weighted by molar-refractivity contribution is 0.198. The van der Waals surface area contributed by atoms with Crippen molar-refractivity contribution in [1.82, 2.24) is 4.90 Å². The van der Waals surface area contributed by atoms with E-state index in [-0.39, 0.29) is 6.61 Å². The Hall–Kier alpha value is -1.84. The van der Waals surface area contributed by atoms with Crippen LogP contribution in [0.3, 0.4) is 0 Å². The molecule has 24 heavy (non-hydrogen) atoms. The minimum Gasteiger partial charge on any atom is -0.491 e. The topological polar surface area (TPSA) is 32.7 Å². The molecule has 0 unspecified atom stereocenters. The molecular formula is C21H27NO2. The number of hydrogen-bond acceptors (Lipinski definition) is 3. The summed E-state index contributed by atoms with van der Waals surface area (Å²) in [6.07, 6.45) is 2.55. The second-order valence-corrected chi connectivity index (χ2v) is 6.65. The van der Waals surface area contributed by atoms with Crippen LogP contribution >= 0.6 is 0 Å². The van der Waals surface area contributed by atoms with Gasteiger partial charge in [-0.1, -0.05) is 36.4 Å². The van der Waals surface area contributed by atoms with Gasteiger partial charge in [0.15, 0.2) is 0 Å². The highest BCUT2D eigenvalue weighted by Gasteiger charge is 2.22. The van der Waals surface area contributed by atoms with Crippen LogP contribution in [0.2, 0.25) is 0 Å². The van der Waals surface area contributed by atoms with E-state index < -0.39 is 0 Å². The fourth-order valence-electron chi connectivity index (χ4n) is 3.61. The highest BCUT2D eigenvalue weighted by molar-refractivity contribution is 5.30. The third kappa shape index (κ3) is 4.37. The molecule has 0 aliphatic carbocycles. The zero-order valence-corrected chi connectivity index (χ0v) is 14.4. The minimum atomic E-state index is 0.0514. The fraction of sp³-hybridized carbons (Fsp3) is 0.429. The van der Waals surface area contributed by atoms with E-state index in [1.807, 2.05) is 12.1 Å². The molecule has 1 aliphatic rings. The van der Waals surface area contributed by atoms with Crippen molar-refractivity contribution in [2.45, 2.75) is 32.2 Å². The lowest BCUT2D eigenvalue weighted by Gasteiger charge is -2.33. The number of ether oxygens (including phenoxy) is 1. The second kappa shape index (κ2) is 8.32. The molecule has 2 aromatic rings. The van der Waals surface area contributed by atoms with Gasteiger partial charge in [-0.2, -0.15) is 0 Å². The standard InChI is InChI=1S/C21H27NO2/c1-17-5-2-3-7-21(17)19-6-4-12-22(16-19)15-18-8-10-20(11-9-18)24-14-13-23/h2-3,5,7-11,19,23H,4,6,12-16H2,1H3/t19-/m1/s1. The summed E-state index contributed by atoms with van der Waals surface area (Å²) in [6, 6.07) is 17.0. The maximum absolute atomic E-state index is 8.81. The first-order chi connectivity index (χ1) is 11.8. The molecule has 3 heteroatoms. The summed E-state index contributed by atoms with van der Waals surface area (Å²) in [7, 11) is 0. The Morgan fingerprint density at radius 3 is 2.67 bits per heavy atom. The van der Waals surface area contributed by atoms with Crippen molar-refractivity contribution in [3.05, 3.63) is 65.2 Å². The molecular weight excluding hydrogens is 298 g/mol. The van der Waals surface area contributed by atoms with Crippen LogP contribution in [0, 0.1) is 6.92 Å². The molecule has 0 amide bonds. The molecule has 0 saturated carbocycles. The van der Waals surface area contributed by atoms with E-state index >= 15 is 0 Å². The Kier molecular flexibility index (Phi) is 5.89. The number of benzene rings is 2. The van der Waals surface area contributed by atoms with Gasteiger partial charge in [0.05, 0.1) is 6.61 Å². The van der Waals surface area contributed by atoms with E-state index in [4.69, 9.17) is 9.84 Å². The zero-order chi connectivity index (χ0) is 16.8. The number of piperidine rings is 1. The van der Waals surface area contributed by atoms with Gasteiger partial charge < -0.3 is 9.84 Å². The zero-order valence-electron chi connectivity index (χ0n) is 14.4. The minimum absolute atomic E-state index is 0.0514. The van der Waals surface area contributed by atoms with Crippen molar-refractivity contribution in [1.29, 1.82) is 0 Å². The first kappa shape index (κ1) is 17.0. The van der Waals surface area contributed by atoms with Gasteiger partial charge in [-0.15, -0.1) is 0 Å². The molecule has 0 bridgehead atoms. The van der Waals surface area contributed by atoms with Crippen LogP contribution in [-0.4, -0.2) is 36.3 Å². The molecule has 0 radical (unpaired) electrons. The summed E-state index contributed by atoms with van der Waals surface area (Å²) in [5.41, 5.74) is 4.24. The normalized spacial score (nSPS) is 18.5. The summed E-state index contributed by atoms with van der Waals surface area (Å²) in [5, 5.41) is 8.81. The lowest BCUT2D eigenvalue weighted by Crippen LogP contribution is -2.34. The average molecular weight is 325 g/mol. The third-order valence-electron chi connectivity index (χ3n) is 4.82. The van der Waals surface area contributed by atoms with Crippen LogP contribution in [0.25, 0.3) is 0 Å². The molecule has 1 N–H and O–H groups in total. The number of aliphatic hydroxyl groups is 1. The predicted octanol–water partition coefficient (Wildman–Crippen LogP) is 3.75. The Bertz CT molecular complexity index is 639. The molecule has 1 fully saturated rings. The summed E-state index contributed by atoms with van der Waals surface area (Å²) >= 11 is 0. The maximum atomic E-state index is 8.81. The number of aryl methyl sites for hydroxylation is 1. The number of rotatable bonds is 6. The van der Waals surface area contributed by atoms with Crippen molar-refractivity contribution in [2.24, 2.45) is 0 Å². The predicted molar refractivity (Wildman–Crippen MR) is 97.5 cm³/mol. The first-order valence-corrected chi connectivity index (χ1v) is 8.87. The van der Waals surface area contributed by atoms with Crippen LogP contribution in [-0.2, 0) is 6.54 Å². The summed E-state index contributed by atoms with van der Waals surface area (Å²) in [6.45, 7) is 5.92. The van der Waals surface area contributed by atoms with Gasteiger partial charge in [0.2, 0.25) is 0 Å². The molecule has 0 spiro atoms. The Morgan fingerprint density at radius 2 is 1.92 bits per heavy atom. The molecule has 1 aliphatic heterocycles. The van der Waals surface area contributed by atoms with Crippen LogP contribution < -0.4 is 4.74 Å². The monoisotopic (exact) mass is 325 g/mol. The third-order valence-corrected chi connectivity index (χ3v) is 4.82. The van der Waals surface area contributed by atoms with Crippen molar-refractivity contribution in [3.63, 3.8) is 0 Å². The van der Waals surface area contributed by atoms with E-state index in [1.165, 1.54) is 36.1 Å². The van der Waals surface area contributed by atoms with Crippen molar-refractivity contribution in [3.8, 4) is 5.75 Å². The van der Waals surface area contributed by atoms with Crippen molar-refractivity contribution >= 4 is 0 Å². The number of aliphatic hydroxyl groups excluding tert-OH is 1. The molecule has 3 rings (SSSR count). The fourth-order valence-corrected chi connectivity index (χ4v) is 3.61. The first-order valence-electron chi connectivity index (χ1n) is 8.87. The molecule has 2 aromatic carbocycles. The maximum Gasteiger partial charge on any atom is 0.119 e. The van der Waals surface area contributed by atoms with E-state index in [9.17, 15) is 0 Å². The summed E-state index contributed by atoms with van der Waals surface area (Å²) in [5.74, 6) is 1.47. The van der Waals surface area contributed by atoms with Gasteiger partial charge in [-0.3, -0.25) is 4.90 Å². The average Bonchev–Trinajstić information content (AvgIpc) is 2.62. The van der Waals surface area contributed by atoms with Crippen molar-refractivity contribution < 1.29 is 9.84 Å². The van der Waals surface area contributed by atoms with Gasteiger partial charge in [0.1, 0.15) is 12.4 Å². The quantitative estimate of drug-likeness (QED) is 0.878. The van der Waals surface area contributed by atoms with E-state index in [0.717, 1.165) is 18.8 Å². The summed E-state index contributed by atoms with van der Waals surface area (Å²) in [4.78, 5) is 2.56. The SMILES string of the molecule is Cc1ccccc1[C@@H]1CCCN(Cc2ccc(OCCO)cc2)C1.